The highest BCUT2D eigenvalue weighted by atomic mass is 32.2. The summed E-state index contributed by atoms with van der Waals surface area (Å²) in [4.78, 5) is 36.2. The van der Waals surface area contributed by atoms with E-state index in [1.807, 2.05) is 31.2 Å². The number of ether oxygens (including phenoxy) is 1. The second-order valence-corrected chi connectivity index (χ2v) is 6.95. The van der Waals surface area contributed by atoms with Crippen LogP contribution in [0, 0.1) is 6.92 Å². The van der Waals surface area contributed by atoms with Crippen LogP contribution in [0.2, 0.25) is 0 Å². The summed E-state index contributed by atoms with van der Waals surface area (Å²) >= 11 is 1.38. The lowest BCUT2D eigenvalue weighted by Gasteiger charge is -2.14. The van der Waals surface area contributed by atoms with Gasteiger partial charge in [0.15, 0.2) is 6.10 Å². The summed E-state index contributed by atoms with van der Waals surface area (Å²) in [5, 5.41) is 5.32. The minimum Gasteiger partial charge on any atom is -0.452 e. The molecule has 2 amide bonds. The van der Waals surface area contributed by atoms with E-state index < -0.39 is 18.0 Å². The smallest absolute Gasteiger partial charge is 0.317 e. The van der Waals surface area contributed by atoms with E-state index in [0.717, 1.165) is 10.5 Å². The molecule has 2 N–H and O–H groups in total. The molecule has 0 saturated carbocycles. The Kier molecular flexibility index (Phi) is 7.43. The average Bonchev–Trinajstić information content (AvgIpc) is 2.62. The number of carbonyl (C=O) groups is 3. The number of carbonyl (C=O) groups excluding carboxylic acids is 3. The summed E-state index contributed by atoms with van der Waals surface area (Å²) in [5.74, 6) is -0.909. The largest absolute Gasteiger partial charge is 0.452 e. The van der Waals surface area contributed by atoms with E-state index in [9.17, 15) is 14.4 Å². The van der Waals surface area contributed by atoms with E-state index in [1.54, 1.807) is 24.3 Å². The number of anilines is 2. The molecule has 0 aliphatic carbocycles. The second-order valence-electron chi connectivity index (χ2n) is 5.93. The van der Waals surface area contributed by atoms with E-state index >= 15 is 0 Å². The summed E-state index contributed by atoms with van der Waals surface area (Å²) in [6.07, 6.45) is -0.912. The van der Waals surface area contributed by atoms with E-state index in [4.69, 9.17) is 4.74 Å². The van der Waals surface area contributed by atoms with Gasteiger partial charge in [-0.05, 0) is 49.7 Å². The van der Waals surface area contributed by atoms with Crippen LogP contribution in [0.3, 0.4) is 0 Å². The Morgan fingerprint density at radius 2 is 1.59 bits per heavy atom. The third-order valence-corrected chi connectivity index (χ3v) is 4.74. The fourth-order valence-corrected chi connectivity index (χ4v) is 3.04. The highest BCUT2D eigenvalue weighted by molar-refractivity contribution is 8.00. The Morgan fingerprint density at radius 1 is 1.00 bits per heavy atom. The molecular weight excluding hydrogens is 364 g/mol. The van der Waals surface area contributed by atoms with Crippen molar-refractivity contribution in [1.29, 1.82) is 0 Å². The number of esters is 1. The Bertz CT molecular complexity index is 821. The molecule has 0 aliphatic heterocycles. The van der Waals surface area contributed by atoms with Crippen molar-refractivity contribution in [3.8, 4) is 0 Å². The molecular formula is C20H22N2O4S. The quantitative estimate of drug-likeness (QED) is 0.561. The number of hydrogen-bond donors (Lipinski definition) is 2. The summed E-state index contributed by atoms with van der Waals surface area (Å²) < 4.78 is 5.19. The van der Waals surface area contributed by atoms with Gasteiger partial charge in [-0.1, -0.05) is 18.2 Å². The van der Waals surface area contributed by atoms with Gasteiger partial charge in [0.2, 0.25) is 5.91 Å². The monoisotopic (exact) mass is 386 g/mol. The molecule has 6 nitrogen and oxygen atoms in total. The Labute approximate surface area is 162 Å². The number of hydrogen-bond acceptors (Lipinski definition) is 5. The lowest BCUT2D eigenvalue weighted by atomic mass is 10.2. The van der Waals surface area contributed by atoms with Crippen molar-refractivity contribution in [2.24, 2.45) is 0 Å². The van der Waals surface area contributed by atoms with Gasteiger partial charge in [-0.3, -0.25) is 14.4 Å². The van der Waals surface area contributed by atoms with Gasteiger partial charge in [0.1, 0.15) is 0 Å². The zero-order chi connectivity index (χ0) is 19.8. The fraction of sp³-hybridized carbons (Fsp3) is 0.250. The van der Waals surface area contributed by atoms with E-state index in [-0.39, 0.29) is 11.7 Å². The second kappa shape index (κ2) is 9.78. The fourth-order valence-electron chi connectivity index (χ4n) is 2.22. The molecule has 0 fully saturated rings. The molecule has 0 aliphatic rings. The molecule has 0 aromatic heterocycles. The Balaban J connectivity index is 1.81. The highest BCUT2D eigenvalue weighted by Crippen LogP contribution is 2.22. The van der Waals surface area contributed by atoms with Crippen molar-refractivity contribution < 1.29 is 19.1 Å². The van der Waals surface area contributed by atoms with E-state index in [0.29, 0.717) is 11.4 Å². The van der Waals surface area contributed by atoms with Crippen LogP contribution in [0.4, 0.5) is 11.4 Å². The summed E-state index contributed by atoms with van der Waals surface area (Å²) in [6.45, 7) is 4.92. The third-order valence-electron chi connectivity index (χ3n) is 3.59. The van der Waals surface area contributed by atoms with Gasteiger partial charge in [-0.25, -0.2) is 0 Å². The SMILES string of the molecule is CC(=O)Nc1ccc(NC(=O)[C@@H](C)OC(=O)CSc2ccccc2C)cc1. The normalized spacial score (nSPS) is 11.4. The summed E-state index contributed by atoms with van der Waals surface area (Å²) in [7, 11) is 0. The minimum atomic E-state index is -0.912. The molecule has 0 heterocycles. The molecule has 0 bridgehead atoms. The van der Waals surface area contributed by atoms with Gasteiger partial charge in [0.25, 0.3) is 5.91 Å². The van der Waals surface area contributed by atoms with Gasteiger partial charge >= 0.3 is 5.97 Å². The van der Waals surface area contributed by atoms with Gasteiger partial charge in [-0.2, -0.15) is 0 Å². The predicted octanol–water partition coefficient (Wildman–Crippen LogP) is 3.62. The van der Waals surface area contributed by atoms with E-state index in [2.05, 4.69) is 10.6 Å². The van der Waals surface area contributed by atoms with Crippen molar-refractivity contribution in [3.05, 3.63) is 54.1 Å². The molecule has 0 radical (unpaired) electrons. The van der Waals surface area contributed by atoms with Crippen LogP contribution < -0.4 is 10.6 Å². The molecule has 27 heavy (non-hydrogen) atoms. The van der Waals surface area contributed by atoms with Crippen LogP contribution >= 0.6 is 11.8 Å². The molecule has 2 aromatic rings. The van der Waals surface area contributed by atoms with Crippen LogP contribution in [0.1, 0.15) is 19.4 Å². The predicted molar refractivity (Wildman–Crippen MR) is 107 cm³/mol. The lowest BCUT2D eigenvalue weighted by molar-refractivity contribution is -0.150. The maximum absolute atomic E-state index is 12.2. The molecule has 2 aromatic carbocycles. The number of nitrogens with one attached hydrogen (secondary N) is 2. The first-order valence-electron chi connectivity index (χ1n) is 8.41. The molecule has 2 rings (SSSR count). The van der Waals surface area contributed by atoms with Crippen LogP contribution in [-0.2, 0) is 19.1 Å². The molecule has 0 unspecified atom stereocenters. The van der Waals surface area contributed by atoms with Crippen LogP contribution in [-0.4, -0.2) is 29.6 Å². The van der Waals surface area contributed by atoms with Crippen LogP contribution in [0.25, 0.3) is 0 Å². The van der Waals surface area contributed by atoms with E-state index in [1.165, 1.54) is 25.6 Å². The maximum atomic E-state index is 12.2. The van der Waals surface area contributed by atoms with Crippen LogP contribution in [0.15, 0.2) is 53.4 Å². The number of amides is 2. The minimum absolute atomic E-state index is 0.133. The first kappa shape index (κ1) is 20.5. The maximum Gasteiger partial charge on any atom is 0.317 e. The first-order valence-corrected chi connectivity index (χ1v) is 9.40. The van der Waals surface area contributed by atoms with Gasteiger partial charge < -0.3 is 15.4 Å². The molecule has 0 saturated heterocycles. The van der Waals surface area contributed by atoms with Crippen molar-refractivity contribution in [3.63, 3.8) is 0 Å². The molecule has 0 spiro atoms. The number of thioether (sulfide) groups is 1. The molecule has 1 atom stereocenters. The van der Waals surface area contributed by atoms with Crippen molar-refractivity contribution >= 4 is 40.9 Å². The molecule has 7 heteroatoms. The van der Waals surface area contributed by atoms with Gasteiger partial charge in [-0.15, -0.1) is 11.8 Å². The summed E-state index contributed by atoms with van der Waals surface area (Å²) in [5.41, 5.74) is 2.27. The zero-order valence-electron chi connectivity index (χ0n) is 15.4. The van der Waals surface area contributed by atoms with Crippen molar-refractivity contribution in [2.45, 2.75) is 31.8 Å². The number of rotatable bonds is 7. The standard InChI is InChI=1S/C20H22N2O4S/c1-13-6-4-5-7-18(13)27-12-19(24)26-14(2)20(25)22-17-10-8-16(9-11-17)21-15(3)23/h4-11,14H,12H2,1-3H3,(H,21,23)(H,22,25)/t14-/m1/s1. The Hall–Kier alpha value is -2.80. The molecule has 142 valence electrons. The van der Waals surface area contributed by atoms with Gasteiger partial charge in [0.05, 0.1) is 5.75 Å². The zero-order valence-corrected chi connectivity index (χ0v) is 16.3. The number of benzene rings is 2. The van der Waals surface area contributed by atoms with Crippen molar-refractivity contribution in [2.75, 3.05) is 16.4 Å². The lowest BCUT2D eigenvalue weighted by Crippen LogP contribution is -2.30. The number of aryl methyl sites for hydroxylation is 1. The average molecular weight is 386 g/mol. The summed E-state index contributed by atoms with van der Waals surface area (Å²) in [6, 6.07) is 14.4. The third kappa shape index (κ3) is 6.79. The topological polar surface area (TPSA) is 84.5 Å². The van der Waals surface area contributed by atoms with Crippen molar-refractivity contribution in [1.82, 2.24) is 0 Å². The highest BCUT2D eigenvalue weighted by Gasteiger charge is 2.18. The first-order chi connectivity index (χ1) is 12.8. The van der Waals surface area contributed by atoms with Crippen LogP contribution in [0.5, 0.6) is 0 Å². The Morgan fingerprint density at radius 3 is 2.19 bits per heavy atom. The van der Waals surface area contributed by atoms with Gasteiger partial charge in [0, 0.05) is 23.2 Å².